The summed E-state index contributed by atoms with van der Waals surface area (Å²) in [6.45, 7) is 6.55. The molecule has 42 heavy (non-hydrogen) atoms. The lowest BCUT2D eigenvalue weighted by Crippen LogP contribution is -2.53. The van der Waals surface area contributed by atoms with Gasteiger partial charge in [0.25, 0.3) is 10.0 Å². The minimum absolute atomic E-state index is 0.00659. The molecular formula is C31H36F3N3O4S. The quantitative estimate of drug-likeness (QED) is 0.278. The maximum Gasteiger partial charge on any atom is 0.416 e. The molecule has 0 aliphatic rings. The van der Waals surface area contributed by atoms with Gasteiger partial charge in [-0.2, -0.15) is 13.2 Å². The van der Waals surface area contributed by atoms with Crippen molar-refractivity contribution in [3.8, 4) is 0 Å². The van der Waals surface area contributed by atoms with Gasteiger partial charge in [0, 0.05) is 12.6 Å². The van der Waals surface area contributed by atoms with E-state index in [0.29, 0.717) is 22.4 Å². The molecule has 0 aliphatic heterocycles. The third-order valence-corrected chi connectivity index (χ3v) is 8.72. The monoisotopic (exact) mass is 603 g/mol. The number of carbonyl (C=O) groups excluding carboxylic acids is 2. The molecule has 3 aromatic carbocycles. The van der Waals surface area contributed by atoms with Crippen molar-refractivity contribution in [2.45, 2.75) is 70.2 Å². The summed E-state index contributed by atoms with van der Waals surface area (Å²) in [6, 6.07) is 17.2. The first kappa shape index (κ1) is 32.7. The van der Waals surface area contributed by atoms with Crippen LogP contribution in [-0.2, 0) is 32.3 Å². The van der Waals surface area contributed by atoms with E-state index in [9.17, 15) is 31.2 Å². The second kappa shape index (κ2) is 13.9. The average molecular weight is 604 g/mol. The number of aryl methyl sites for hydroxylation is 1. The van der Waals surface area contributed by atoms with Gasteiger partial charge in [-0.15, -0.1) is 0 Å². The first-order valence-electron chi connectivity index (χ1n) is 13.7. The summed E-state index contributed by atoms with van der Waals surface area (Å²) in [5.41, 5.74) is 0.314. The maximum atomic E-state index is 14.0. The number of benzene rings is 3. The fraction of sp³-hybridized carbons (Fsp3) is 0.355. The van der Waals surface area contributed by atoms with Gasteiger partial charge in [0.05, 0.1) is 16.1 Å². The van der Waals surface area contributed by atoms with E-state index in [2.05, 4.69) is 5.32 Å². The van der Waals surface area contributed by atoms with Crippen LogP contribution in [-0.4, -0.2) is 43.8 Å². The number of carbonyl (C=O) groups is 2. The number of hydrogen-bond acceptors (Lipinski definition) is 4. The number of nitrogens with zero attached hydrogens (tertiary/aromatic N) is 2. The van der Waals surface area contributed by atoms with Crippen molar-refractivity contribution in [2.75, 3.05) is 10.8 Å². The number of anilines is 1. The van der Waals surface area contributed by atoms with Crippen LogP contribution in [0.5, 0.6) is 0 Å². The third-order valence-electron chi connectivity index (χ3n) is 6.93. The standard InChI is InChI=1S/C31H36F3N3O4S/c1-5-23(4)35-30(39)28(6-2)36(20-24-17-15-22(3)16-18-24)29(38)21-37(42(40,41)27-13-8-7-9-14-27)26-12-10-11-25(19-26)31(32,33)34/h7-19,23,28H,5-6,20-21H2,1-4H3,(H,35,39)/t23-,28-/m1/s1. The van der Waals surface area contributed by atoms with Crippen LogP contribution in [0.4, 0.5) is 18.9 Å². The molecule has 3 aromatic rings. The summed E-state index contributed by atoms with van der Waals surface area (Å²) in [5, 5.41) is 2.89. The average Bonchev–Trinajstić information content (AvgIpc) is 2.96. The van der Waals surface area contributed by atoms with E-state index in [0.717, 1.165) is 17.7 Å². The van der Waals surface area contributed by atoms with Crippen molar-refractivity contribution in [1.82, 2.24) is 10.2 Å². The van der Waals surface area contributed by atoms with Crippen molar-refractivity contribution < 1.29 is 31.2 Å². The normalized spacial score (nSPS) is 13.2. The van der Waals surface area contributed by atoms with Crippen LogP contribution in [0.15, 0.2) is 83.8 Å². The van der Waals surface area contributed by atoms with E-state index >= 15 is 0 Å². The van der Waals surface area contributed by atoms with E-state index < -0.39 is 46.2 Å². The summed E-state index contributed by atoms with van der Waals surface area (Å²) in [6.07, 6.45) is -3.84. The Morgan fingerprint density at radius 3 is 2.12 bits per heavy atom. The molecule has 0 aromatic heterocycles. The van der Waals surface area contributed by atoms with Gasteiger partial charge < -0.3 is 10.2 Å². The lowest BCUT2D eigenvalue weighted by molar-refractivity contribution is -0.140. The van der Waals surface area contributed by atoms with E-state index in [1.165, 1.54) is 35.2 Å². The zero-order chi connectivity index (χ0) is 31.1. The highest BCUT2D eigenvalue weighted by molar-refractivity contribution is 7.92. The number of nitrogens with one attached hydrogen (secondary N) is 1. The summed E-state index contributed by atoms with van der Waals surface area (Å²) in [4.78, 5) is 28.4. The summed E-state index contributed by atoms with van der Waals surface area (Å²) in [7, 11) is -4.48. The van der Waals surface area contributed by atoms with Gasteiger partial charge in [-0.25, -0.2) is 8.42 Å². The van der Waals surface area contributed by atoms with Crippen LogP contribution in [0.3, 0.4) is 0 Å². The minimum atomic E-state index is -4.74. The molecule has 3 rings (SSSR count). The van der Waals surface area contributed by atoms with Crippen LogP contribution in [0.1, 0.15) is 50.3 Å². The van der Waals surface area contributed by atoms with E-state index in [1.807, 2.05) is 32.9 Å². The van der Waals surface area contributed by atoms with Gasteiger partial charge in [0.1, 0.15) is 12.6 Å². The maximum absolute atomic E-state index is 14.0. The number of sulfonamides is 1. The number of alkyl halides is 3. The molecule has 1 N–H and O–H groups in total. The lowest BCUT2D eigenvalue weighted by atomic mass is 10.1. The van der Waals surface area contributed by atoms with Gasteiger partial charge in [-0.05, 0) is 62.6 Å². The summed E-state index contributed by atoms with van der Waals surface area (Å²) >= 11 is 0. The van der Waals surface area contributed by atoms with Crippen LogP contribution >= 0.6 is 0 Å². The Morgan fingerprint density at radius 2 is 1.55 bits per heavy atom. The molecule has 0 radical (unpaired) electrons. The van der Waals surface area contributed by atoms with E-state index in [-0.39, 0.29) is 29.6 Å². The van der Waals surface area contributed by atoms with Gasteiger partial charge in [0.2, 0.25) is 11.8 Å². The molecule has 0 saturated heterocycles. The van der Waals surface area contributed by atoms with Crippen LogP contribution in [0, 0.1) is 6.92 Å². The summed E-state index contributed by atoms with van der Waals surface area (Å²) in [5.74, 6) is -1.14. The molecule has 226 valence electrons. The molecule has 0 heterocycles. The number of halogens is 3. The lowest BCUT2D eigenvalue weighted by Gasteiger charge is -2.34. The molecule has 0 spiro atoms. The Bertz CT molecular complexity index is 1460. The summed E-state index contributed by atoms with van der Waals surface area (Å²) < 4.78 is 69.1. The molecule has 7 nitrogen and oxygen atoms in total. The van der Waals surface area contributed by atoms with Crippen molar-refractivity contribution in [3.05, 3.63) is 95.6 Å². The smallest absolute Gasteiger partial charge is 0.352 e. The molecule has 0 bridgehead atoms. The van der Waals surface area contributed by atoms with Gasteiger partial charge in [-0.3, -0.25) is 13.9 Å². The third kappa shape index (κ3) is 8.12. The van der Waals surface area contributed by atoms with Crippen molar-refractivity contribution in [1.29, 1.82) is 0 Å². The predicted octanol–water partition coefficient (Wildman–Crippen LogP) is 5.93. The Labute approximate surface area is 245 Å². The molecule has 2 atom stereocenters. The van der Waals surface area contributed by atoms with Crippen LogP contribution < -0.4 is 9.62 Å². The zero-order valence-electron chi connectivity index (χ0n) is 24.1. The first-order chi connectivity index (χ1) is 19.8. The zero-order valence-corrected chi connectivity index (χ0v) is 24.9. The fourth-order valence-electron chi connectivity index (χ4n) is 4.34. The highest BCUT2D eigenvalue weighted by Gasteiger charge is 2.36. The molecule has 0 aliphatic carbocycles. The fourth-order valence-corrected chi connectivity index (χ4v) is 5.76. The molecular weight excluding hydrogens is 567 g/mol. The Kier molecular flexibility index (Phi) is 10.8. The van der Waals surface area contributed by atoms with Crippen molar-refractivity contribution in [3.63, 3.8) is 0 Å². The van der Waals surface area contributed by atoms with E-state index in [4.69, 9.17) is 0 Å². The first-order valence-corrected chi connectivity index (χ1v) is 15.1. The molecule has 0 saturated carbocycles. The second-order valence-electron chi connectivity index (χ2n) is 10.1. The number of hydrogen-bond donors (Lipinski definition) is 1. The minimum Gasteiger partial charge on any atom is -0.352 e. The van der Waals surface area contributed by atoms with Crippen molar-refractivity contribution in [2.24, 2.45) is 0 Å². The Balaban J connectivity index is 2.10. The molecule has 0 fully saturated rings. The van der Waals surface area contributed by atoms with Crippen LogP contribution in [0.2, 0.25) is 0 Å². The Morgan fingerprint density at radius 1 is 0.905 bits per heavy atom. The predicted molar refractivity (Wildman–Crippen MR) is 156 cm³/mol. The van der Waals surface area contributed by atoms with Crippen molar-refractivity contribution >= 4 is 27.5 Å². The SMILES string of the molecule is CC[C@@H](C)NC(=O)[C@@H](CC)N(Cc1ccc(C)cc1)C(=O)CN(c1cccc(C(F)(F)F)c1)S(=O)(=O)c1ccccc1. The highest BCUT2D eigenvalue weighted by Crippen LogP contribution is 2.33. The van der Waals surface area contributed by atoms with Crippen LogP contribution in [0.25, 0.3) is 0 Å². The second-order valence-corrected chi connectivity index (χ2v) is 12.0. The highest BCUT2D eigenvalue weighted by atomic mass is 32.2. The largest absolute Gasteiger partial charge is 0.416 e. The van der Waals surface area contributed by atoms with E-state index in [1.54, 1.807) is 25.1 Å². The molecule has 11 heteroatoms. The number of rotatable bonds is 12. The van der Waals surface area contributed by atoms with Gasteiger partial charge in [0.15, 0.2) is 0 Å². The Hall–Kier alpha value is -3.86. The molecule has 0 unspecified atom stereocenters. The number of amides is 2. The van der Waals surface area contributed by atoms with Gasteiger partial charge in [-0.1, -0.05) is 67.9 Å². The van der Waals surface area contributed by atoms with Gasteiger partial charge >= 0.3 is 6.18 Å². The molecule has 2 amide bonds. The topological polar surface area (TPSA) is 86.8 Å².